The number of aryl methyl sites for hydroxylation is 1. The van der Waals surface area contributed by atoms with Crippen molar-refractivity contribution < 1.29 is 13.6 Å². The van der Waals surface area contributed by atoms with Crippen LogP contribution in [0.4, 0.5) is 10.1 Å². The predicted molar refractivity (Wildman–Crippen MR) is 98.8 cm³/mol. The van der Waals surface area contributed by atoms with Gasteiger partial charge in [-0.2, -0.15) is 0 Å². The molecule has 6 nitrogen and oxygen atoms in total. The molecule has 26 heavy (non-hydrogen) atoms. The number of carbonyl (C=O) groups excluding carboxylic acids is 1. The van der Waals surface area contributed by atoms with Crippen molar-refractivity contribution in [3.63, 3.8) is 0 Å². The maximum Gasteiger partial charge on any atom is 0.237 e. The van der Waals surface area contributed by atoms with Gasteiger partial charge in [0.1, 0.15) is 11.6 Å². The minimum atomic E-state index is -0.584. The minimum Gasteiger partial charge on any atom is -0.469 e. The van der Waals surface area contributed by atoms with Gasteiger partial charge < -0.3 is 14.3 Å². The van der Waals surface area contributed by atoms with Crippen LogP contribution in [-0.2, 0) is 11.8 Å². The Hall–Kier alpha value is -2.32. The lowest BCUT2D eigenvalue weighted by Crippen LogP contribution is -2.23. The fourth-order valence-electron chi connectivity index (χ4n) is 2.31. The van der Waals surface area contributed by atoms with Gasteiger partial charge in [-0.05, 0) is 38.1 Å². The third-order valence-electron chi connectivity index (χ3n) is 3.78. The molecule has 0 aliphatic rings. The van der Waals surface area contributed by atoms with Crippen LogP contribution in [-0.4, -0.2) is 25.9 Å². The largest absolute Gasteiger partial charge is 0.469 e. The van der Waals surface area contributed by atoms with Crippen molar-refractivity contribution >= 4 is 35.0 Å². The van der Waals surface area contributed by atoms with Gasteiger partial charge in [-0.15, -0.1) is 10.2 Å². The second-order valence-corrected chi connectivity index (χ2v) is 7.37. The number of furan rings is 1. The molecule has 1 unspecified atom stereocenters. The molecule has 0 spiro atoms. The molecule has 0 fully saturated rings. The fraction of sp³-hybridized carbons (Fsp3) is 0.235. The summed E-state index contributed by atoms with van der Waals surface area (Å²) < 4.78 is 20.9. The number of rotatable bonds is 5. The van der Waals surface area contributed by atoms with Crippen molar-refractivity contribution in [2.75, 3.05) is 5.32 Å². The smallest absolute Gasteiger partial charge is 0.237 e. The van der Waals surface area contributed by atoms with Crippen molar-refractivity contribution in [1.29, 1.82) is 0 Å². The first-order chi connectivity index (χ1) is 12.4. The van der Waals surface area contributed by atoms with Gasteiger partial charge in [0, 0.05) is 12.1 Å². The number of nitrogens with one attached hydrogen (secondary N) is 1. The van der Waals surface area contributed by atoms with Crippen LogP contribution in [0.2, 0.25) is 5.02 Å². The minimum absolute atomic E-state index is 0.0829. The third-order valence-corrected chi connectivity index (χ3v) is 5.14. The van der Waals surface area contributed by atoms with Crippen LogP contribution in [0.5, 0.6) is 0 Å². The molecule has 1 aromatic carbocycles. The summed E-state index contributed by atoms with van der Waals surface area (Å²) in [5, 5.41) is 11.2. The van der Waals surface area contributed by atoms with E-state index in [1.54, 1.807) is 17.8 Å². The van der Waals surface area contributed by atoms with Crippen LogP contribution in [0.25, 0.3) is 11.4 Å². The van der Waals surface area contributed by atoms with Gasteiger partial charge in [0.15, 0.2) is 11.0 Å². The molecule has 1 atom stereocenters. The summed E-state index contributed by atoms with van der Waals surface area (Å²) >= 11 is 6.94. The topological polar surface area (TPSA) is 72.9 Å². The quantitative estimate of drug-likeness (QED) is 0.653. The van der Waals surface area contributed by atoms with E-state index < -0.39 is 11.1 Å². The van der Waals surface area contributed by atoms with Crippen molar-refractivity contribution in [1.82, 2.24) is 14.8 Å². The molecule has 1 amide bonds. The number of carbonyl (C=O) groups is 1. The Balaban J connectivity index is 1.72. The van der Waals surface area contributed by atoms with E-state index in [2.05, 4.69) is 15.5 Å². The summed E-state index contributed by atoms with van der Waals surface area (Å²) in [6.07, 6.45) is 1.59. The summed E-state index contributed by atoms with van der Waals surface area (Å²) in [6, 6.07) is 5.90. The van der Waals surface area contributed by atoms with Crippen LogP contribution in [0, 0.1) is 12.7 Å². The van der Waals surface area contributed by atoms with Gasteiger partial charge in [0.2, 0.25) is 5.91 Å². The number of hydrogen-bond donors (Lipinski definition) is 1. The fourth-order valence-corrected chi connectivity index (χ4v) is 3.28. The monoisotopic (exact) mass is 394 g/mol. The number of hydrogen-bond acceptors (Lipinski definition) is 5. The Morgan fingerprint density at radius 2 is 2.15 bits per heavy atom. The normalized spacial score (nSPS) is 12.2. The highest BCUT2D eigenvalue weighted by Crippen LogP contribution is 2.28. The van der Waals surface area contributed by atoms with Crippen LogP contribution in [0.3, 0.4) is 0 Å². The van der Waals surface area contributed by atoms with Gasteiger partial charge in [-0.3, -0.25) is 4.79 Å². The molecule has 0 aliphatic heterocycles. The summed E-state index contributed by atoms with van der Waals surface area (Å²) in [4.78, 5) is 12.4. The van der Waals surface area contributed by atoms with Gasteiger partial charge in [-0.25, -0.2) is 4.39 Å². The zero-order valence-electron chi connectivity index (χ0n) is 14.3. The molecule has 1 N–H and O–H groups in total. The van der Waals surface area contributed by atoms with Crippen molar-refractivity contribution in [3.05, 3.63) is 47.1 Å². The van der Waals surface area contributed by atoms with E-state index in [1.807, 2.05) is 20.0 Å². The van der Waals surface area contributed by atoms with Crippen LogP contribution < -0.4 is 5.32 Å². The first kappa shape index (κ1) is 18.5. The van der Waals surface area contributed by atoms with Crippen molar-refractivity contribution in [2.45, 2.75) is 24.3 Å². The molecule has 9 heteroatoms. The van der Waals surface area contributed by atoms with Crippen molar-refractivity contribution in [2.24, 2.45) is 7.05 Å². The molecule has 136 valence electrons. The number of aromatic nitrogens is 3. The Morgan fingerprint density at radius 1 is 1.38 bits per heavy atom. The standard InChI is InChI=1S/C17H16ClFN4O2S/c1-9-12(6-7-25-9)15-21-22-17(23(15)3)26-10(2)16(24)20-14-5-4-11(18)8-13(14)19/h4-8,10H,1-3H3,(H,20,24). The maximum absolute atomic E-state index is 13.8. The van der Waals surface area contributed by atoms with Gasteiger partial charge in [-0.1, -0.05) is 23.4 Å². The first-order valence-electron chi connectivity index (χ1n) is 7.73. The third kappa shape index (κ3) is 3.76. The summed E-state index contributed by atoms with van der Waals surface area (Å²) in [5.74, 6) is 0.454. The maximum atomic E-state index is 13.8. The lowest BCUT2D eigenvalue weighted by atomic mass is 10.2. The lowest BCUT2D eigenvalue weighted by Gasteiger charge is -2.12. The molecule has 2 heterocycles. The van der Waals surface area contributed by atoms with Crippen LogP contribution in [0.1, 0.15) is 12.7 Å². The zero-order valence-corrected chi connectivity index (χ0v) is 15.9. The molecule has 3 aromatic rings. The highest BCUT2D eigenvalue weighted by molar-refractivity contribution is 8.00. The Morgan fingerprint density at radius 3 is 2.81 bits per heavy atom. The van der Waals surface area contributed by atoms with E-state index in [4.69, 9.17) is 16.0 Å². The van der Waals surface area contributed by atoms with E-state index in [-0.39, 0.29) is 16.6 Å². The predicted octanol–water partition coefficient (Wildman–Crippen LogP) is 4.30. The second-order valence-electron chi connectivity index (χ2n) is 5.63. The second kappa shape index (κ2) is 7.51. The molecule has 0 bridgehead atoms. The van der Waals surface area contributed by atoms with Gasteiger partial charge in [0.05, 0.1) is 22.8 Å². The first-order valence-corrected chi connectivity index (χ1v) is 8.99. The van der Waals surface area contributed by atoms with E-state index in [1.165, 1.54) is 23.9 Å². The zero-order chi connectivity index (χ0) is 18.8. The number of benzene rings is 1. The summed E-state index contributed by atoms with van der Waals surface area (Å²) in [6.45, 7) is 3.55. The Kier molecular flexibility index (Phi) is 5.33. The highest BCUT2D eigenvalue weighted by Gasteiger charge is 2.21. The van der Waals surface area contributed by atoms with Crippen molar-refractivity contribution in [3.8, 4) is 11.4 Å². The number of amides is 1. The number of nitrogens with zero attached hydrogens (tertiary/aromatic N) is 3. The lowest BCUT2D eigenvalue weighted by molar-refractivity contribution is -0.115. The highest BCUT2D eigenvalue weighted by atomic mass is 35.5. The number of anilines is 1. The molecular formula is C17H16ClFN4O2S. The average Bonchev–Trinajstić information content (AvgIpc) is 3.16. The molecule has 0 saturated carbocycles. The van der Waals surface area contributed by atoms with Crippen LogP contribution >= 0.6 is 23.4 Å². The van der Waals surface area contributed by atoms with Crippen LogP contribution in [0.15, 0.2) is 40.1 Å². The average molecular weight is 395 g/mol. The SMILES string of the molecule is Cc1occc1-c1nnc(SC(C)C(=O)Nc2ccc(Cl)cc2F)n1C. The van der Waals surface area contributed by atoms with E-state index >= 15 is 0 Å². The molecule has 0 saturated heterocycles. The number of halogens is 2. The molecule has 0 aliphatic carbocycles. The van der Waals surface area contributed by atoms with Gasteiger partial charge in [0.25, 0.3) is 0 Å². The molecule has 2 aromatic heterocycles. The molecular weight excluding hydrogens is 379 g/mol. The van der Waals surface area contributed by atoms with E-state index in [9.17, 15) is 9.18 Å². The van der Waals surface area contributed by atoms with E-state index in [0.29, 0.717) is 11.0 Å². The Labute approximate surface area is 158 Å². The summed E-state index contributed by atoms with van der Waals surface area (Å²) in [7, 11) is 1.81. The number of thioether (sulfide) groups is 1. The Bertz CT molecular complexity index is 956. The van der Waals surface area contributed by atoms with E-state index in [0.717, 1.165) is 17.4 Å². The molecule has 3 rings (SSSR count). The van der Waals surface area contributed by atoms with Gasteiger partial charge >= 0.3 is 0 Å². The molecule has 0 radical (unpaired) electrons. The summed E-state index contributed by atoms with van der Waals surface area (Å²) in [5.41, 5.74) is 0.923.